The lowest BCUT2D eigenvalue weighted by atomic mass is 9.69. The summed E-state index contributed by atoms with van der Waals surface area (Å²) in [5.74, 6) is 7.18. The van der Waals surface area contributed by atoms with Gasteiger partial charge in [-0.05, 0) is 176 Å². The molecule has 0 spiro atoms. The van der Waals surface area contributed by atoms with Crippen LogP contribution in [0.25, 0.3) is 0 Å². The molecule has 81 heavy (non-hydrogen) atoms. The number of benzene rings is 5. The topological polar surface area (TPSA) is 91.4 Å². The van der Waals surface area contributed by atoms with Crippen LogP contribution < -0.4 is 18.9 Å². The molecule has 2 bridgehead atoms. The van der Waals surface area contributed by atoms with Gasteiger partial charge in [0.1, 0.15) is 33.8 Å². The average Bonchev–Trinajstić information content (AvgIpc) is 4.27. The molecular weight excluding hydrogens is 1060 g/mol. The van der Waals surface area contributed by atoms with Crippen molar-refractivity contribution in [3.8, 4) is 23.0 Å². The van der Waals surface area contributed by atoms with Gasteiger partial charge in [-0.3, -0.25) is 4.21 Å². The van der Waals surface area contributed by atoms with Crippen LogP contribution in [0.3, 0.4) is 0 Å². The molecule has 3 unspecified atom stereocenters. The number of thioether (sulfide) groups is 1. The van der Waals surface area contributed by atoms with Crippen LogP contribution in [0, 0.1) is 23.2 Å². The maximum atomic E-state index is 11.6. The molecule has 5 heterocycles. The second kappa shape index (κ2) is 25.1. The van der Waals surface area contributed by atoms with E-state index >= 15 is 0 Å². The zero-order valence-electron chi connectivity index (χ0n) is 52.9. The average molecular weight is 1160 g/mol. The molecule has 5 aromatic carbocycles. The number of fused-ring (bicyclic) bond motifs is 7. The highest BCUT2D eigenvalue weighted by molar-refractivity contribution is 7.99. The number of aryl methyl sites for hydroxylation is 2. The van der Waals surface area contributed by atoms with Gasteiger partial charge in [0.2, 0.25) is 9.84 Å². The quantitative estimate of drug-likeness (QED) is 0.150. The minimum absolute atomic E-state index is 0.0485. The Bertz CT molecular complexity index is 2940. The number of hydrogen-bond donors (Lipinski definition) is 0. The van der Waals surface area contributed by atoms with Gasteiger partial charge in [0, 0.05) is 19.5 Å². The molecular formula is C70H99NO7S3. The van der Waals surface area contributed by atoms with Gasteiger partial charge in [-0.1, -0.05) is 185 Å². The molecule has 3 atom stereocenters. The zero-order valence-corrected chi connectivity index (χ0v) is 55.4. The van der Waals surface area contributed by atoms with Gasteiger partial charge in [0.25, 0.3) is 0 Å². The summed E-state index contributed by atoms with van der Waals surface area (Å²) in [6.45, 7) is 43.7. The van der Waals surface area contributed by atoms with Crippen molar-refractivity contribution in [3.05, 3.63) is 136 Å². The summed E-state index contributed by atoms with van der Waals surface area (Å²) >= 11 is 1.78. The van der Waals surface area contributed by atoms with Crippen LogP contribution in [0.15, 0.2) is 106 Å². The predicted octanol–water partition coefficient (Wildman–Crippen LogP) is 17.0. The van der Waals surface area contributed by atoms with Gasteiger partial charge in [0.05, 0.1) is 27.2 Å². The predicted molar refractivity (Wildman–Crippen MR) is 340 cm³/mol. The van der Waals surface area contributed by atoms with Gasteiger partial charge >= 0.3 is 0 Å². The third-order valence-corrected chi connectivity index (χ3v) is 20.1. The van der Waals surface area contributed by atoms with E-state index in [4.69, 9.17) is 18.9 Å². The van der Waals surface area contributed by atoms with Gasteiger partial charge in [-0.15, -0.1) is 0 Å². The standard InChI is InChI=1S/C13H18.C12H23N.C12H16O.C11H14O3S.C11H14O2S.C11H14OS/c1-13(2,3)12-8-7-10-5-4-6-11(10)9-12;1-12(2,3)11-9-5-6-10(11)8-13(4)7-9;1-12(2,3)10-4-5-11-9(8-10)6-7-13-11;1-11(2,3)8-4-5-9-10(6-8)15(12,13)7-14-9;1-11(2,3)8-4-5-9-10(6-8)14(12)7-13-9;1-11(2,3)8-4-5-9-10(6-8)13-7-12-9/h7-9H,4-6H2,1-3H3;9-11H,5-8H2,1-4H3;4-5,8H,6-7H2,1-3H3;4-6H,7H2,1-3H3;4-6H,7H2,1-3H3;4-6H,7H2,1-3H3. The van der Waals surface area contributed by atoms with Crippen molar-refractivity contribution < 1.29 is 31.6 Å². The zero-order chi connectivity index (χ0) is 59.7. The summed E-state index contributed by atoms with van der Waals surface area (Å²) in [4.78, 5) is 4.99. The molecule has 1 saturated heterocycles. The fraction of sp³-hybridized carbons (Fsp3) is 0.571. The fourth-order valence-electron chi connectivity index (χ4n) is 11.9. The lowest BCUT2D eigenvalue weighted by Crippen LogP contribution is -2.44. The molecule has 444 valence electrons. The molecule has 0 amide bonds. The van der Waals surface area contributed by atoms with Crippen LogP contribution in [0.2, 0.25) is 0 Å². The summed E-state index contributed by atoms with van der Waals surface area (Å²) in [7, 11) is -1.89. The number of sulfone groups is 1. The van der Waals surface area contributed by atoms with Gasteiger partial charge in [-0.25, -0.2) is 8.42 Å². The minimum atomic E-state index is -3.21. The summed E-state index contributed by atoms with van der Waals surface area (Å²) in [6, 6.07) is 31.4. The number of nitrogens with zero attached hydrogens (tertiary/aromatic N) is 1. The highest BCUT2D eigenvalue weighted by Gasteiger charge is 2.46. The second-order valence-corrected chi connectivity index (χ2v) is 33.8. The minimum Gasteiger partial charge on any atom is -0.493 e. The normalized spacial score (nSPS) is 21.0. The van der Waals surface area contributed by atoms with Crippen LogP contribution in [0.1, 0.15) is 188 Å². The Morgan fingerprint density at radius 2 is 0.988 bits per heavy atom. The Morgan fingerprint density at radius 1 is 0.506 bits per heavy atom. The molecule has 2 aliphatic carbocycles. The van der Waals surface area contributed by atoms with E-state index < -0.39 is 20.6 Å². The Balaban J connectivity index is 0.000000140. The first-order chi connectivity index (χ1) is 37.5. The van der Waals surface area contributed by atoms with Crippen molar-refractivity contribution in [1.29, 1.82) is 0 Å². The van der Waals surface area contributed by atoms with Crippen molar-refractivity contribution in [2.75, 3.05) is 44.6 Å². The summed E-state index contributed by atoms with van der Waals surface area (Å²) in [6.07, 6.45) is 7.97. The number of piperidine rings is 1. The summed E-state index contributed by atoms with van der Waals surface area (Å²) in [5.41, 5.74) is 12.4. The van der Waals surface area contributed by atoms with E-state index in [9.17, 15) is 12.6 Å². The van der Waals surface area contributed by atoms with Crippen LogP contribution in [0.4, 0.5) is 0 Å². The molecule has 5 aliphatic heterocycles. The van der Waals surface area contributed by atoms with E-state index in [1.54, 1.807) is 35.0 Å². The summed E-state index contributed by atoms with van der Waals surface area (Å²) in [5, 5.41) is 0. The van der Waals surface area contributed by atoms with Gasteiger partial charge < -0.3 is 23.8 Å². The van der Waals surface area contributed by atoms with E-state index in [-0.39, 0.29) is 27.6 Å². The molecule has 8 nitrogen and oxygen atoms in total. The van der Waals surface area contributed by atoms with Crippen LogP contribution >= 0.6 is 11.8 Å². The molecule has 12 rings (SSSR count). The third-order valence-electron chi connectivity index (χ3n) is 16.7. The second-order valence-electron chi connectivity index (χ2n) is 29.6. The molecule has 11 heteroatoms. The van der Waals surface area contributed by atoms with E-state index in [0.29, 0.717) is 27.4 Å². The number of hydrogen-bond acceptors (Lipinski definition) is 9. The molecule has 1 saturated carbocycles. The Kier molecular flexibility index (Phi) is 19.9. The maximum absolute atomic E-state index is 11.6. The van der Waals surface area contributed by atoms with E-state index in [2.05, 4.69) is 191 Å². The largest absolute Gasteiger partial charge is 0.493 e. The van der Waals surface area contributed by atoms with Crippen LogP contribution in [0.5, 0.6) is 23.0 Å². The molecule has 2 fully saturated rings. The van der Waals surface area contributed by atoms with Crippen molar-refractivity contribution in [1.82, 2.24) is 4.90 Å². The number of likely N-dealkylation sites (tertiary alicyclic amines) is 1. The lowest BCUT2D eigenvalue weighted by Gasteiger charge is -2.43. The Labute approximate surface area is 497 Å². The van der Waals surface area contributed by atoms with Crippen LogP contribution in [-0.2, 0) is 67.0 Å². The highest BCUT2D eigenvalue weighted by Crippen LogP contribution is 2.50. The monoisotopic (exact) mass is 1160 g/mol. The highest BCUT2D eigenvalue weighted by atomic mass is 32.2. The molecule has 5 aromatic rings. The van der Waals surface area contributed by atoms with Gasteiger partial charge in [-0.2, -0.15) is 0 Å². The molecule has 7 aliphatic rings. The van der Waals surface area contributed by atoms with E-state index in [1.165, 1.54) is 77.9 Å². The Morgan fingerprint density at radius 3 is 1.56 bits per heavy atom. The SMILES string of the molecule is CC(C)(C)c1ccc2c(c1)CCC2.CC(C)(C)c1ccc2c(c1)CCO2.CC(C)(C)c1ccc2c(c1)S(=O)(=O)CO2.CC(C)(C)c1ccc2c(c1)S(=O)CO2.CC(C)(C)c1ccc2c(c1)SCO2.CN1CC2CCC(C1)C2C(C)(C)C. The fourth-order valence-corrected chi connectivity index (χ4v) is 14.8. The molecule has 0 radical (unpaired) electrons. The van der Waals surface area contributed by atoms with Crippen molar-refractivity contribution >= 4 is 32.4 Å². The first kappa shape index (κ1) is 64.3. The van der Waals surface area contributed by atoms with E-state index in [1.807, 2.05) is 24.3 Å². The molecule has 0 N–H and O–H groups in total. The Hall–Kier alpha value is -4.29. The van der Waals surface area contributed by atoms with Crippen molar-refractivity contribution in [2.45, 2.75) is 205 Å². The first-order valence-electron chi connectivity index (χ1n) is 29.6. The van der Waals surface area contributed by atoms with Crippen LogP contribution in [-0.4, -0.2) is 62.1 Å². The number of ether oxygens (including phenoxy) is 4. The first-order valence-corrected chi connectivity index (χ1v) is 33.6. The lowest BCUT2D eigenvalue weighted by molar-refractivity contribution is 0.0528. The van der Waals surface area contributed by atoms with E-state index in [0.717, 1.165) is 64.4 Å². The van der Waals surface area contributed by atoms with Crippen molar-refractivity contribution in [2.24, 2.45) is 23.2 Å². The third kappa shape index (κ3) is 16.7. The smallest absolute Gasteiger partial charge is 0.216 e. The maximum Gasteiger partial charge on any atom is 0.216 e. The van der Waals surface area contributed by atoms with Crippen molar-refractivity contribution in [3.63, 3.8) is 0 Å². The number of rotatable bonds is 0. The summed E-state index contributed by atoms with van der Waals surface area (Å²) < 4.78 is 56.0. The molecule has 0 aromatic heterocycles. The van der Waals surface area contributed by atoms with Gasteiger partial charge in [0.15, 0.2) is 11.9 Å².